The largest absolute Gasteiger partial charge is 0.457 e. The molecule has 4 heterocycles. The van der Waals surface area contributed by atoms with Crippen molar-refractivity contribution in [2.24, 2.45) is 0 Å². The van der Waals surface area contributed by atoms with Crippen molar-refractivity contribution >= 4 is 49.1 Å². The Morgan fingerprint density at radius 2 is 1.13 bits per heavy atom. The lowest BCUT2D eigenvalue weighted by Gasteiger charge is -2.22. The Labute approximate surface area is 307 Å². The molecule has 53 heavy (non-hydrogen) atoms. The third-order valence-corrected chi connectivity index (χ3v) is 10.8. The Bertz CT molecular complexity index is 3040. The first-order chi connectivity index (χ1) is 26.0. The summed E-state index contributed by atoms with van der Waals surface area (Å²) >= 11 is 0. The SMILES string of the molecule is Cc1cccc(C)c1-c1ccc2c3ccc(Oc4ccc5c6ccccc6n(-c6ccccn6)c5c4)cc3c3nccn3c2c1-c1c(C)cccc1C. The van der Waals surface area contributed by atoms with Gasteiger partial charge in [0.25, 0.3) is 0 Å². The number of imidazole rings is 1. The van der Waals surface area contributed by atoms with Gasteiger partial charge in [-0.25, -0.2) is 9.97 Å². The molecule has 10 aromatic rings. The molecule has 0 aliphatic heterocycles. The highest BCUT2D eigenvalue weighted by Gasteiger charge is 2.22. The van der Waals surface area contributed by atoms with Gasteiger partial charge in [-0.2, -0.15) is 0 Å². The summed E-state index contributed by atoms with van der Waals surface area (Å²) in [6.45, 7) is 8.87. The second-order valence-corrected chi connectivity index (χ2v) is 14.1. The number of pyridine rings is 2. The standard InChI is InChI=1S/C48H36N4O/c1-29-11-9-12-30(2)44(29)39-23-22-38-35-20-18-33(27-40(35)48-50-25-26-51(48)47(38)46(39)45-31(3)13-10-14-32(45)4)53-34-19-21-37-36-15-5-6-16-41(36)52(42(37)28-34)43-17-7-8-24-49-43/h5-28H,1-4H3. The number of ether oxygens (including phenoxy) is 1. The maximum Gasteiger partial charge on any atom is 0.145 e. The number of rotatable bonds is 5. The van der Waals surface area contributed by atoms with Gasteiger partial charge in [0.05, 0.1) is 16.6 Å². The van der Waals surface area contributed by atoms with Crippen LogP contribution in [0.5, 0.6) is 11.5 Å². The number of benzene rings is 6. The summed E-state index contributed by atoms with van der Waals surface area (Å²) in [5.41, 5.74) is 14.3. The van der Waals surface area contributed by atoms with E-state index in [1.165, 1.54) is 55.3 Å². The van der Waals surface area contributed by atoms with Crippen molar-refractivity contribution in [1.29, 1.82) is 0 Å². The molecular weight excluding hydrogens is 649 g/mol. The Morgan fingerprint density at radius 3 is 1.89 bits per heavy atom. The van der Waals surface area contributed by atoms with Crippen LogP contribution in [0.15, 0.2) is 146 Å². The van der Waals surface area contributed by atoms with Crippen molar-refractivity contribution < 1.29 is 4.74 Å². The van der Waals surface area contributed by atoms with Crippen LogP contribution in [-0.4, -0.2) is 18.9 Å². The number of aryl methyl sites for hydroxylation is 4. The maximum atomic E-state index is 6.68. The molecule has 0 spiro atoms. The summed E-state index contributed by atoms with van der Waals surface area (Å²) in [7, 11) is 0. The zero-order valence-electron chi connectivity index (χ0n) is 30.1. The van der Waals surface area contributed by atoms with Crippen LogP contribution in [-0.2, 0) is 0 Å². The molecule has 0 bridgehead atoms. The molecule has 0 aliphatic rings. The van der Waals surface area contributed by atoms with Crippen molar-refractivity contribution in [2.75, 3.05) is 0 Å². The van der Waals surface area contributed by atoms with Gasteiger partial charge in [0, 0.05) is 51.8 Å². The molecule has 0 radical (unpaired) electrons. The molecule has 0 saturated carbocycles. The molecule has 0 aliphatic carbocycles. The van der Waals surface area contributed by atoms with Gasteiger partial charge >= 0.3 is 0 Å². The average molecular weight is 685 g/mol. The van der Waals surface area contributed by atoms with Crippen LogP contribution in [0.1, 0.15) is 22.3 Å². The quantitative estimate of drug-likeness (QED) is 0.170. The zero-order chi connectivity index (χ0) is 35.8. The molecular formula is C48H36N4O. The molecule has 0 amide bonds. The van der Waals surface area contributed by atoms with Crippen LogP contribution < -0.4 is 4.74 Å². The number of hydrogen-bond acceptors (Lipinski definition) is 3. The first-order valence-electron chi connectivity index (χ1n) is 18.1. The highest BCUT2D eigenvalue weighted by molar-refractivity contribution is 6.18. The van der Waals surface area contributed by atoms with E-state index in [4.69, 9.17) is 14.7 Å². The summed E-state index contributed by atoms with van der Waals surface area (Å²) in [5, 5.41) is 5.68. The van der Waals surface area contributed by atoms with Crippen LogP contribution in [0.25, 0.3) is 77.2 Å². The zero-order valence-corrected chi connectivity index (χ0v) is 30.1. The highest BCUT2D eigenvalue weighted by Crippen LogP contribution is 2.45. The predicted octanol–water partition coefficient (Wildman–Crippen LogP) is 12.5. The number of nitrogens with zero attached hydrogens (tertiary/aromatic N) is 4. The summed E-state index contributed by atoms with van der Waals surface area (Å²) in [6, 6.07) is 45.0. The topological polar surface area (TPSA) is 44.3 Å². The predicted molar refractivity (Wildman–Crippen MR) is 219 cm³/mol. The summed E-state index contributed by atoms with van der Waals surface area (Å²) in [5.74, 6) is 2.38. The van der Waals surface area contributed by atoms with E-state index in [0.29, 0.717) is 0 Å². The molecule has 0 atom stereocenters. The first kappa shape index (κ1) is 31.1. The van der Waals surface area contributed by atoms with Gasteiger partial charge in [-0.15, -0.1) is 0 Å². The summed E-state index contributed by atoms with van der Waals surface area (Å²) in [4.78, 5) is 9.67. The number of aromatic nitrogens is 4. The lowest BCUT2D eigenvalue weighted by atomic mass is 9.84. The van der Waals surface area contributed by atoms with Gasteiger partial charge in [0.15, 0.2) is 0 Å². The van der Waals surface area contributed by atoms with Crippen LogP contribution in [0, 0.1) is 27.7 Å². The van der Waals surface area contributed by atoms with E-state index in [1.807, 2.05) is 30.6 Å². The third-order valence-electron chi connectivity index (χ3n) is 10.8. The fourth-order valence-electron chi connectivity index (χ4n) is 8.54. The van der Waals surface area contributed by atoms with Crippen molar-refractivity contribution in [1.82, 2.24) is 18.9 Å². The lowest BCUT2D eigenvalue weighted by molar-refractivity contribution is 0.484. The molecule has 6 aromatic carbocycles. The van der Waals surface area contributed by atoms with Gasteiger partial charge in [-0.1, -0.05) is 72.8 Å². The van der Waals surface area contributed by atoms with Gasteiger partial charge in [0.1, 0.15) is 23.0 Å². The molecule has 5 heteroatoms. The Kier molecular flexibility index (Phi) is 6.99. The summed E-state index contributed by atoms with van der Waals surface area (Å²) in [6.07, 6.45) is 5.84. The van der Waals surface area contributed by atoms with E-state index < -0.39 is 0 Å². The molecule has 10 rings (SSSR count). The Morgan fingerprint density at radius 1 is 0.472 bits per heavy atom. The van der Waals surface area contributed by atoms with Gasteiger partial charge in [-0.3, -0.25) is 8.97 Å². The number of hydrogen-bond donors (Lipinski definition) is 0. The second kappa shape index (κ2) is 11.9. The smallest absolute Gasteiger partial charge is 0.145 e. The Hall–Kier alpha value is -6.72. The van der Waals surface area contributed by atoms with E-state index in [0.717, 1.165) is 55.7 Å². The van der Waals surface area contributed by atoms with E-state index in [-0.39, 0.29) is 0 Å². The minimum absolute atomic E-state index is 0.753. The lowest BCUT2D eigenvalue weighted by Crippen LogP contribution is -2.00. The van der Waals surface area contributed by atoms with Crippen LogP contribution in [0.3, 0.4) is 0 Å². The molecule has 0 N–H and O–H groups in total. The fourth-order valence-corrected chi connectivity index (χ4v) is 8.54. The van der Waals surface area contributed by atoms with E-state index in [9.17, 15) is 0 Å². The molecule has 254 valence electrons. The number of fused-ring (bicyclic) bond motifs is 9. The minimum atomic E-state index is 0.753. The average Bonchev–Trinajstić information content (AvgIpc) is 3.79. The molecule has 0 saturated heterocycles. The van der Waals surface area contributed by atoms with Crippen molar-refractivity contribution in [3.8, 4) is 39.6 Å². The van der Waals surface area contributed by atoms with E-state index >= 15 is 0 Å². The first-order valence-corrected chi connectivity index (χ1v) is 18.1. The van der Waals surface area contributed by atoms with Crippen molar-refractivity contribution in [3.05, 3.63) is 168 Å². The molecule has 5 nitrogen and oxygen atoms in total. The van der Waals surface area contributed by atoms with Gasteiger partial charge in [-0.05, 0) is 121 Å². The third kappa shape index (κ3) is 4.77. The van der Waals surface area contributed by atoms with E-state index in [2.05, 4.69) is 152 Å². The fraction of sp³-hybridized carbons (Fsp3) is 0.0833. The van der Waals surface area contributed by atoms with Crippen LogP contribution in [0.2, 0.25) is 0 Å². The minimum Gasteiger partial charge on any atom is -0.457 e. The van der Waals surface area contributed by atoms with Gasteiger partial charge in [0.2, 0.25) is 0 Å². The second-order valence-electron chi connectivity index (χ2n) is 14.1. The monoisotopic (exact) mass is 684 g/mol. The van der Waals surface area contributed by atoms with Gasteiger partial charge < -0.3 is 4.74 Å². The molecule has 0 unspecified atom stereocenters. The Balaban J connectivity index is 1.18. The van der Waals surface area contributed by atoms with E-state index in [1.54, 1.807) is 0 Å². The summed E-state index contributed by atoms with van der Waals surface area (Å²) < 4.78 is 11.2. The van der Waals surface area contributed by atoms with Crippen molar-refractivity contribution in [2.45, 2.75) is 27.7 Å². The number of para-hydroxylation sites is 1. The molecule has 0 fully saturated rings. The van der Waals surface area contributed by atoms with Crippen LogP contribution >= 0.6 is 0 Å². The molecule has 4 aromatic heterocycles. The highest BCUT2D eigenvalue weighted by atomic mass is 16.5. The maximum absolute atomic E-state index is 6.68. The normalized spacial score (nSPS) is 11.8. The van der Waals surface area contributed by atoms with Crippen LogP contribution in [0.4, 0.5) is 0 Å². The van der Waals surface area contributed by atoms with Crippen molar-refractivity contribution in [3.63, 3.8) is 0 Å².